The van der Waals surface area contributed by atoms with Crippen molar-refractivity contribution in [2.75, 3.05) is 27.4 Å². The molecule has 0 radical (unpaired) electrons. The number of fused-ring (bicyclic) bond motifs is 5. The SMILES string of the molecule is COC(=O)O[C@H]1CC[C@H](OC(=O)OC)[C@@]2(C)C1=CC=C1[C@@H]3CC[C@H](C(C)C4OCC(C)(C)CO4)[C@@]3(C)CC[C@@H]12. The van der Waals surface area contributed by atoms with E-state index in [1.54, 1.807) is 0 Å². The lowest BCUT2D eigenvalue weighted by molar-refractivity contribution is -0.252. The molecule has 8 heteroatoms. The highest BCUT2D eigenvalue weighted by Gasteiger charge is 2.61. The minimum Gasteiger partial charge on any atom is -0.438 e. The van der Waals surface area contributed by atoms with Crippen LogP contribution in [0.25, 0.3) is 0 Å². The fourth-order valence-electron chi connectivity index (χ4n) is 8.80. The first-order chi connectivity index (χ1) is 18.4. The van der Waals surface area contributed by atoms with E-state index in [2.05, 4.69) is 46.8 Å². The fraction of sp³-hybridized carbons (Fsp3) is 0.806. The number of hydrogen-bond acceptors (Lipinski definition) is 8. The third-order valence-electron chi connectivity index (χ3n) is 10.8. The Labute approximate surface area is 232 Å². The van der Waals surface area contributed by atoms with E-state index in [4.69, 9.17) is 28.4 Å². The van der Waals surface area contributed by atoms with Crippen molar-refractivity contribution in [2.45, 2.75) is 91.6 Å². The molecule has 5 rings (SSSR count). The van der Waals surface area contributed by atoms with Crippen LogP contribution in [0.2, 0.25) is 0 Å². The van der Waals surface area contributed by atoms with Gasteiger partial charge in [0.05, 0.1) is 27.4 Å². The van der Waals surface area contributed by atoms with E-state index >= 15 is 0 Å². The molecular formula is C31H46O8. The van der Waals surface area contributed by atoms with E-state index in [-0.39, 0.29) is 29.1 Å². The summed E-state index contributed by atoms with van der Waals surface area (Å²) >= 11 is 0. The highest BCUT2D eigenvalue weighted by Crippen LogP contribution is 2.66. The monoisotopic (exact) mass is 546 g/mol. The van der Waals surface area contributed by atoms with Crippen LogP contribution in [0.4, 0.5) is 9.59 Å². The number of ether oxygens (including phenoxy) is 6. The summed E-state index contributed by atoms with van der Waals surface area (Å²) in [7, 11) is 2.66. The number of allylic oxidation sites excluding steroid dienone is 3. The van der Waals surface area contributed by atoms with Crippen LogP contribution in [0.15, 0.2) is 23.3 Å². The molecule has 0 aromatic heterocycles. The second-order valence-corrected chi connectivity index (χ2v) is 13.6. The summed E-state index contributed by atoms with van der Waals surface area (Å²) in [6.07, 6.45) is 7.57. The van der Waals surface area contributed by atoms with E-state index in [0.717, 1.165) is 44.5 Å². The predicted octanol–water partition coefficient (Wildman–Crippen LogP) is 6.43. The molecule has 1 unspecified atom stereocenters. The quantitative estimate of drug-likeness (QED) is 0.373. The van der Waals surface area contributed by atoms with Crippen molar-refractivity contribution in [2.24, 2.45) is 39.9 Å². The Bertz CT molecular complexity index is 1020. The minimum absolute atomic E-state index is 0.0566. The smallest absolute Gasteiger partial charge is 0.438 e. The molecule has 0 aromatic carbocycles. The zero-order valence-corrected chi connectivity index (χ0v) is 24.6. The summed E-state index contributed by atoms with van der Waals surface area (Å²) in [4.78, 5) is 24.4. The standard InChI is InChI=1S/C31H46O8/c1-18(26-36-16-29(2,3)17-37-26)20-10-11-21-19-8-9-23-24(38-27(32)34-6)12-13-25(39-28(33)35-7)31(23,5)22(19)14-15-30(20,21)4/h8-9,18,20-22,24-26H,10-17H2,1-7H3/t18?,20-,21+,22+,24+,25+,30-,31-/m1/s1. The summed E-state index contributed by atoms with van der Waals surface area (Å²) in [5.74, 6) is 1.42. The van der Waals surface area contributed by atoms with Gasteiger partial charge >= 0.3 is 12.3 Å². The van der Waals surface area contributed by atoms with Crippen molar-refractivity contribution >= 4 is 12.3 Å². The molecule has 3 saturated carbocycles. The van der Waals surface area contributed by atoms with Crippen molar-refractivity contribution in [1.82, 2.24) is 0 Å². The number of rotatable bonds is 4. The molecule has 4 fully saturated rings. The van der Waals surface area contributed by atoms with Crippen LogP contribution in [-0.4, -0.2) is 58.2 Å². The van der Waals surface area contributed by atoms with Gasteiger partial charge in [-0.05, 0) is 67.3 Å². The minimum atomic E-state index is -0.690. The Kier molecular flexibility index (Phi) is 7.59. The predicted molar refractivity (Wildman–Crippen MR) is 144 cm³/mol. The van der Waals surface area contributed by atoms with Gasteiger partial charge in [0.25, 0.3) is 0 Å². The van der Waals surface area contributed by atoms with E-state index in [1.165, 1.54) is 19.8 Å². The summed E-state index contributed by atoms with van der Waals surface area (Å²) in [6, 6.07) is 0. The Morgan fingerprint density at radius 2 is 1.54 bits per heavy atom. The van der Waals surface area contributed by atoms with Crippen LogP contribution in [0, 0.1) is 39.9 Å². The van der Waals surface area contributed by atoms with E-state index < -0.39 is 23.8 Å². The van der Waals surface area contributed by atoms with Gasteiger partial charge in [-0.15, -0.1) is 0 Å². The molecule has 8 nitrogen and oxygen atoms in total. The molecule has 0 spiro atoms. The van der Waals surface area contributed by atoms with Gasteiger partial charge in [-0.3, -0.25) is 0 Å². The highest BCUT2D eigenvalue weighted by molar-refractivity contribution is 5.61. The first-order valence-corrected chi connectivity index (χ1v) is 14.6. The van der Waals surface area contributed by atoms with Crippen LogP contribution in [-0.2, 0) is 28.4 Å². The molecule has 4 aliphatic carbocycles. The molecule has 218 valence electrons. The summed E-state index contributed by atoms with van der Waals surface area (Å²) in [5.41, 5.74) is 2.13. The zero-order valence-electron chi connectivity index (χ0n) is 24.6. The first kappa shape index (κ1) is 28.5. The zero-order chi connectivity index (χ0) is 28.2. The second kappa shape index (κ2) is 10.4. The third-order valence-corrected chi connectivity index (χ3v) is 10.8. The van der Waals surface area contributed by atoms with Crippen molar-refractivity contribution < 1.29 is 38.0 Å². The second-order valence-electron chi connectivity index (χ2n) is 13.6. The highest BCUT2D eigenvalue weighted by atomic mass is 16.7. The van der Waals surface area contributed by atoms with Gasteiger partial charge < -0.3 is 28.4 Å². The molecule has 8 atom stereocenters. The van der Waals surface area contributed by atoms with Gasteiger partial charge in [0.15, 0.2) is 6.29 Å². The van der Waals surface area contributed by atoms with Gasteiger partial charge in [0.1, 0.15) is 12.2 Å². The third kappa shape index (κ3) is 4.79. The van der Waals surface area contributed by atoms with E-state index in [9.17, 15) is 9.59 Å². The Morgan fingerprint density at radius 3 is 2.21 bits per heavy atom. The van der Waals surface area contributed by atoms with Crippen LogP contribution in [0.3, 0.4) is 0 Å². The molecule has 0 aromatic rings. The maximum atomic E-state index is 12.3. The number of carbonyl (C=O) groups excluding carboxylic acids is 2. The Hall–Kier alpha value is -2.06. The largest absolute Gasteiger partial charge is 0.508 e. The molecule has 1 heterocycles. The normalized spacial score (nSPS) is 40.1. The van der Waals surface area contributed by atoms with Crippen LogP contribution in [0.5, 0.6) is 0 Å². The lowest BCUT2D eigenvalue weighted by atomic mass is 9.49. The maximum Gasteiger partial charge on any atom is 0.508 e. The summed E-state index contributed by atoms with van der Waals surface area (Å²) < 4.78 is 33.8. The van der Waals surface area contributed by atoms with Crippen LogP contribution >= 0.6 is 0 Å². The molecule has 0 bridgehead atoms. The fourth-order valence-corrected chi connectivity index (χ4v) is 8.80. The van der Waals surface area contributed by atoms with Crippen LogP contribution < -0.4 is 0 Å². The lowest BCUT2D eigenvalue weighted by Gasteiger charge is -2.57. The van der Waals surface area contributed by atoms with Gasteiger partial charge in [-0.1, -0.05) is 52.3 Å². The average Bonchev–Trinajstić information content (AvgIpc) is 3.26. The Balaban J connectivity index is 1.43. The molecular weight excluding hydrogens is 500 g/mol. The van der Waals surface area contributed by atoms with Crippen molar-refractivity contribution in [3.63, 3.8) is 0 Å². The summed E-state index contributed by atoms with van der Waals surface area (Å²) in [5, 5.41) is 0. The average molecular weight is 547 g/mol. The molecule has 1 saturated heterocycles. The molecule has 39 heavy (non-hydrogen) atoms. The van der Waals surface area contributed by atoms with Gasteiger partial charge in [0.2, 0.25) is 0 Å². The van der Waals surface area contributed by atoms with Crippen molar-refractivity contribution in [1.29, 1.82) is 0 Å². The van der Waals surface area contributed by atoms with Gasteiger partial charge in [0, 0.05) is 16.7 Å². The van der Waals surface area contributed by atoms with E-state index in [0.29, 0.717) is 30.6 Å². The first-order valence-electron chi connectivity index (χ1n) is 14.6. The summed E-state index contributed by atoms with van der Waals surface area (Å²) in [6.45, 7) is 12.8. The number of methoxy groups -OCH3 is 2. The molecule has 0 amide bonds. The van der Waals surface area contributed by atoms with E-state index in [1.807, 2.05) is 0 Å². The lowest BCUT2D eigenvalue weighted by Crippen LogP contribution is -2.55. The van der Waals surface area contributed by atoms with Crippen molar-refractivity contribution in [3.8, 4) is 0 Å². The van der Waals surface area contributed by atoms with Gasteiger partial charge in [-0.25, -0.2) is 9.59 Å². The maximum absolute atomic E-state index is 12.3. The molecule has 1 aliphatic heterocycles. The number of hydrogen-bond donors (Lipinski definition) is 0. The van der Waals surface area contributed by atoms with Crippen LogP contribution in [0.1, 0.15) is 73.1 Å². The van der Waals surface area contributed by atoms with Gasteiger partial charge in [-0.2, -0.15) is 0 Å². The molecule has 5 aliphatic rings. The molecule has 0 N–H and O–H groups in total. The Morgan fingerprint density at radius 1 is 0.872 bits per heavy atom. The number of carbonyl (C=O) groups is 2. The van der Waals surface area contributed by atoms with Crippen molar-refractivity contribution in [3.05, 3.63) is 23.3 Å². The topological polar surface area (TPSA) is 89.5 Å².